The van der Waals surface area contributed by atoms with Crippen LogP contribution >= 0.6 is 11.6 Å². The van der Waals surface area contributed by atoms with Crippen LogP contribution in [-0.4, -0.2) is 18.7 Å². The number of benzene rings is 1. The van der Waals surface area contributed by atoms with E-state index in [0.717, 1.165) is 6.54 Å². The highest BCUT2D eigenvalue weighted by atomic mass is 35.5. The first-order valence-electron chi connectivity index (χ1n) is 5.33. The number of hydrogen-bond donors (Lipinski definition) is 1. The van der Waals surface area contributed by atoms with Crippen LogP contribution in [0.3, 0.4) is 0 Å². The van der Waals surface area contributed by atoms with E-state index in [4.69, 9.17) is 16.3 Å². The van der Waals surface area contributed by atoms with Crippen LogP contribution in [0.4, 0.5) is 4.39 Å². The summed E-state index contributed by atoms with van der Waals surface area (Å²) >= 11 is 6.04. The van der Waals surface area contributed by atoms with Crippen molar-refractivity contribution in [3.63, 3.8) is 0 Å². The summed E-state index contributed by atoms with van der Waals surface area (Å²) in [6.45, 7) is 5.31. The molecule has 0 aliphatic carbocycles. The third-order valence-corrected chi connectivity index (χ3v) is 3.21. The predicted molar refractivity (Wildman–Crippen MR) is 62.2 cm³/mol. The van der Waals surface area contributed by atoms with Gasteiger partial charge in [-0.3, -0.25) is 0 Å². The van der Waals surface area contributed by atoms with Gasteiger partial charge in [0, 0.05) is 22.7 Å². The molecule has 1 aliphatic heterocycles. The maximum Gasteiger partial charge on any atom is 0.130 e. The van der Waals surface area contributed by atoms with Crippen LogP contribution < -0.4 is 5.32 Å². The molecule has 1 unspecified atom stereocenters. The third kappa shape index (κ3) is 2.08. The Morgan fingerprint density at radius 1 is 1.50 bits per heavy atom. The van der Waals surface area contributed by atoms with Crippen molar-refractivity contribution in [2.75, 3.05) is 13.2 Å². The quantitative estimate of drug-likeness (QED) is 0.819. The van der Waals surface area contributed by atoms with E-state index in [2.05, 4.69) is 5.32 Å². The summed E-state index contributed by atoms with van der Waals surface area (Å²) in [5.74, 6) is -0.311. The summed E-state index contributed by atoms with van der Waals surface area (Å²) < 4.78 is 19.4. The van der Waals surface area contributed by atoms with Crippen LogP contribution in [0.2, 0.25) is 5.02 Å². The molecule has 0 aromatic heterocycles. The molecule has 1 saturated heterocycles. The molecule has 1 aromatic rings. The zero-order valence-electron chi connectivity index (χ0n) is 9.39. The SMILES string of the molecule is CC1(C)NCCOC1c1c(F)cccc1Cl. The van der Waals surface area contributed by atoms with E-state index in [-0.39, 0.29) is 17.5 Å². The average molecular weight is 244 g/mol. The fraction of sp³-hybridized carbons (Fsp3) is 0.500. The van der Waals surface area contributed by atoms with E-state index < -0.39 is 0 Å². The number of halogens is 2. The first-order valence-corrected chi connectivity index (χ1v) is 5.71. The van der Waals surface area contributed by atoms with Gasteiger partial charge in [0.05, 0.1) is 6.61 Å². The molecule has 2 nitrogen and oxygen atoms in total. The number of ether oxygens (including phenoxy) is 1. The van der Waals surface area contributed by atoms with Gasteiger partial charge in [-0.15, -0.1) is 0 Å². The van der Waals surface area contributed by atoms with Gasteiger partial charge in [0.2, 0.25) is 0 Å². The molecule has 0 saturated carbocycles. The maximum absolute atomic E-state index is 13.8. The molecule has 4 heteroatoms. The largest absolute Gasteiger partial charge is 0.370 e. The predicted octanol–water partition coefficient (Wildman–Crippen LogP) is 2.92. The van der Waals surface area contributed by atoms with Crippen LogP contribution in [0, 0.1) is 5.82 Å². The van der Waals surface area contributed by atoms with Gasteiger partial charge in [-0.2, -0.15) is 0 Å². The van der Waals surface area contributed by atoms with Gasteiger partial charge in [-0.05, 0) is 26.0 Å². The first kappa shape index (κ1) is 11.8. The van der Waals surface area contributed by atoms with Crippen LogP contribution in [0.25, 0.3) is 0 Å². The summed E-state index contributed by atoms with van der Waals surface area (Å²) in [6.07, 6.45) is -0.352. The van der Waals surface area contributed by atoms with E-state index in [9.17, 15) is 4.39 Å². The summed E-state index contributed by atoms with van der Waals surface area (Å²) in [5.41, 5.74) is 0.130. The lowest BCUT2D eigenvalue weighted by Gasteiger charge is -2.40. The second-order valence-electron chi connectivity index (χ2n) is 4.53. The molecule has 1 heterocycles. The first-order chi connectivity index (χ1) is 7.52. The molecule has 0 bridgehead atoms. The molecular weight excluding hydrogens is 229 g/mol. The molecule has 0 radical (unpaired) electrons. The van der Waals surface area contributed by atoms with Crippen LogP contribution in [0.1, 0.15) is 25.5 Å². The fourth-order valence-corrected chi connectivity index (χ4v) is 2.32. The maximum atomic E-state index is 13.8. The molecule has 88 valence electrons. The van der Waals surface area contributed by atoms with E-state index in [0.29, 0.717) is 17.2 Å². The Kier molecular flexibility index (Phi) is 3.19. The lowest BCUT2D eigenvalue weighted by Crippen LogP contribution is -2.51. The van der Waals surface area contributed by atoms with E-state index in [1.165, 1.54) is 6.07 Å². The zero-order chi connectivity index (χ0) is 11.8. The molecule has 1 aromatic carbocycles. The molecule has 1 aliphatic rings. The third-order valence-electron chi connectivity index (χ3n) is 2.88. The molecule has 1 atom stereocenters. The topological polar surface area (TPSA) is 21.3 Å². The number of nitrogens with one attached hydrogen (secondary N) is 1. The minimum Gasteiger partial charge on any atom is -0.370 e. The zero-order valence-corrected chi connectivity index (χ0v) is 10.1. The monoisotopic (exact) mass is 243 g/mol. The van der Waals surface area contributed by atoms with Gasteiger partial charge in [0.1, 0.15) is 11.9 Å². The van der Waals surface area contributed by atoms with Crippen molar-refractivity contribution in [1.82, 2.24) is 5.32 Å². The fourth-order valence-electron chi connectivity index (χ4n) is 2.06. The van der Waals surface area contributed by atoms with Crippen molar-refractivity contribution in [3.05, 3.63) is 34.6 Å². The van der Waals surface area contributed by atoms with Crippen molar-refractivity contribution < 1.29 is 9.13 Å². The highest BCUT2D eigenvalue weighted by Gasteiger charge is 2.36. The standard InChI is InChI=1S/C12H15ClFNO/c1-12(2)11(16-7-6-15-12)10-8(13)4-3-5-9(10)14/h3-5,11,15H,6-7H2,1-2H3. The van der Waals surface area contributed by atoms with E-state index in [1.54, 1.807) is 12.1 Å². The van der Waals surface area contributed by atoms with Crippen molar-refractivity contribution in [2.24, 2.45) is 0 Å². The van der Waals surface area contributed by atoms with Crippen molar-refractivity contribution in [3.8, 4) is 0 Å². The van der Waals surface area contributed by atoms with Gasteiger partial charge in [0.25, 0.3) is 0 Å². The van der Waals surface area contributed by atoms with Gasteiger partial charge >= 0.3 is 0 Å². The lowest BCUT2D eigenvalue weighted by molar-refractivity contribution is -0.0405. The molecule has 1 N–H and O–H groups in total. The second-order valence-corrected chi connectivity index (χ2v) is 4.94. The van der Waals surface area contributed by atoms with Crippen LogP contribution in [0.5, 0.6) is 0 Å². The Balaban J connectivity index is 2.42. The smallest absolute Gasteiger partial charge is 0.130 e. The van der Waals surface area contributed by atoms with Crippen molar-refractivity contribution in [2.45, 2.75) is 25.5 Å². The Morgan fingerprint density at radius 2 is 2.25 bits per heavy atom. The van der Waals surface area contributed by atoms with Gasteiger partial charge < -0.3 is 10.1 Å². The Hall–Kier alpha value is -0.640. The summed E-state index contributed by atoms with van der Waals surface area (Å²) in [4.78, 5) is 0. The minimum atomic E-state index is -0.352. The average Bonchev–Trinajstić information content (AvgIpc) is 2.19. The highest BCUT2D eigenvalue weighted by Crippen LogP contribution is 2.36. The van der Waals surface area contributed by atoms with Crippen LogP contribution in [0.15, 0.2) is 18.2 Å². The summed E-state index contributed by atoms with van der Waals surface area (Å²) in [7, 11) is 0. The van der Waals surface area contributed by atoms with E-state index in [1.807, 2.05) is 13.8 Å². The highest BCUT2D eigenvalue weighted by molar-refractivity contribution is 6.31. The summed E-state index contributed by atoms with van der Waals surface area (Å²) in [5, 5.41) is 3.73. The van der Waals surface area contributed by atoms with Gasteiger partial charge in [-0.1, -0.05) is 17.7 Å². The molecule has 0 spiro atoms. The summed E-state index contributed by atoms with van der Waals surface area (Å²) in [6, 6.07) is 4.70. The molecule has 16 heavy (non-hydrogen) atoms. The molecule has 1 fully saturated rings. The Morgan fingerprint density at radius 3 is 2.88 bits per heavy atom. The van der Waals surface area contributed by atoms with Crippen LogP contribution in [-0.2, 0) is 4.74 Å². The second kappa shape index (κ2) is 4.32. The number of rotatable bonds is 1. The van der Waals surface area contributed by atoms with Gasteiger partial charge in [0.15, 0.2) is 0 Å². The molecular formula is C12H15ClFNO. The number of morpholine rings is 1. The lowest BCUT2D eigenvalue weighted by atomic mass is 9.89. The van der Waals surface area contributed by atoms with Crippen molar-refractivity contribution in [1.29, 1.82) is 0 Å². The Labute approximate surface area is 99.7 Å². The van der Waals surface area contributed by atoms with Crippen molar-refractivity contribution >= 4 is 11.6 Å². The Bertz CT molecular complexity index is 374. The minimum absolute atomic E-state index is 0.311. The normalized spacial score (nSPS) is 24.4. The number of hydrogen-bond acceptors (Lipinski definition) is 2. The van der Waals surface area contributed by atoms with Gasteiger partial charge in [-0.25, -0.2) is 4.39 Å². The van der Waals surface area contributed by atoms with E-state index >= 15 is 0 Å². The molecule has 0 amide bonds. The molecule has 2 rings (SSSR count).